The van der Waals surface area contributed by atoms with E-state index in [-0.39, 0.29) is 12.0 Å². The number of carbonyl (C=O) groups excluding carboxylic acids is 1. The van der Waals surface area contributed by atoms with E-state index < -0.39 is 66.8 Å². The van der Waals surface area contributed by atoms with Crippen molar-refractivity contribution in [1.29, 1.82) is 0 Å². The van der Waals surface area contributed by atoms with Gasteiger partial charge in [-0.15, -0.1) is 0 Å². The second-order valence-electron chi connectivity index (χ2n) is 7.38. The monoisotopic (exact) mass is 392 g/mol. The first-order chi connectivity index (χ1) is 12.6. The summed E-state index contributed by atoms with van der Waals surface area (Å²) in [6.07, 6.45) is -9.81. The van der Waals surface area contributed by atoms with Crippen LogP contribution in [0.4, 0.5) is 0 Å². The molecule has 11 heteroatoms. The molecular weight excluding hydrogens is 368 g/mol. The molecule has 0 amide bonds. The van der Waals surface area contributed by atoms with Crippen LogP contribution >= 0.6 is 0 Å². The molecule has 0 spiro atoms. The van der Waals surface area contributed by atoms with Gasteiger partial charge in [0, 0.05) is 6.42 Å². The van der Waals surface area contributed by atoms with Crippen LogP contribution in [-0.4, -0.2) is 103 Å². The quantitative estimate of drug-likeness (QED) is 0.232. The molecular formula is C16H24O11. The first-order valence-corrected chi connectivity index (χ1v) is 8.48. The Labute approximate surface area is 154 Å². The topological polar surface area (TPSA) is 186 Å². The SMILES string of the molecule is C[C@@]1(O)[C@H]2[C@H](O[C@@H]3O[C@H](CO)[C@@H](O)[C@H](O)[C@H]3O)OC=C(C=O)[C@@]2(O)C[C@@H]1O. The number of ether oxygens (including phenoxy) is 3. The van der Waals surface area contributed by atoms with E-state index in [1.165, 1.54) is 6.92 Å². The maximum atomic E-state index is 11.3. The number of hydrogen-bond acceptors (Lipinski definition) is 11. The molecule has 0 aromatic heterocycles. The first kappa shape index (κ1) is 20.6. The molecule has 3 rings (SSSR count). The standard InChI is InChI=1S/C16H24O11/c1-15(23)8(19)2-16(24)6(3-17)5-25-14(12(15)16)27-13-11(22)10(21)9(20)7(4-18)26-13/h3,5,7-14,18-24H,2,4H2,1H3/t7-,8+,9-,10+,11-,12-,13+,14+,15+,16+/m1/s1. The first-order valence-electron chi connectivity index (χ1n) is 8.48. The summed E-state index contributed by atoms with van der Waals surface area (Å²) >= 11 is 0. The highest BCUT2D eigenvalue weighted by Crippen LogP contribution is 2.51. The fourth-order valence-corrected chi connectivity index (χ4v) is 3.99. The predicted molar refractivity (Wildman–Crippen MR) is 83.6 cm³/mol. The van der Waals surface area contributed by atoms with Crippen LogP contribution in [0.3, 0.4) is 0 Å². The zero-order chi connectivity index (χ0) is 20.1. The van der Waals surface area contributed by atoms with E-state index in [1.807, 2.05) is 0 Å². The number of aldehydes is 1. The van der Waals surface area contributed by atoms with Gasteiger partial charge in [-0.2, -0.15) is 0 Å². The van der Waals surface area contributed by atoms with Gasteiger partial charge in [0.15, 0.2) is 12.6 Å². The fraction of sp³-hybridized carbons (Fsp3) is 0.812. The highest BCUT2D eigenvalue weighted by molar-refractivity contribution is 5.77. The summed E-state index contributed by atoms with van der Waals surface area (Å²) in [4.78, 5) is 11.3. The van der Waals surface area contributed by atoms with Gasteiger partial charge in [-0.05, 0) is 6.92 Å². The number of rotatable bonds is 4. The van der Waals surface area contributed by atoms with Crippen LogP contribution in [0.1, 0.15) is 13.3 Å². The normalized spacial score (nSPS) is 52.7. The molecule has 2 heterocycles. The third-order valence-corrected chi connectivity index (χ3v) is 5.67. The van der Waals surface area contributed by atoms with Crippen LogP contribution in [0, 0.1) is 5.92 Å². The molecule has 11 nitrogen and oxygen atoms in total. The lowest BCUT2D eigenvalue weighted by molar-refractivity contribution is -0.352. The van der Waals surface area contributed by atoms with Crippen molar-refractivity contribution in [3.8, 4) is 0 Å². The molecule has 1 saturated carbocycles. The Morgan fingerprint density at radius 3 is 2.44 bits per heavy atom. The molecule has 154 valence electrons. The van der Waals surface area contributed by atoms with E-state index in [4.69, 9.17) is 14.2 Å². The minimum absolute atomic E-state index is 0.196. The Balaban J connectivity index is 1.88. The van der Waals surface area contributed by atoms with Crippen molar-refractivity contribution in [3.05, 3.63) is 11.8 Å². The molecule has 2 fully saturated rings. The van der Waals surface area contributed by atoms with E-state index >= 15 is 0 Å². The van der Waals surface area contributed by atoms with E-state index in [2.05, 4.69) is 0 Å². The maximum Gasteiger partial charge on any atom is 0.210 e. The van der Waals surface area contributed by atoms with Crippen LogP contribution < -0.4 is 0 Å². The van der Waals surface area contributed by atoms with E-state index in [0.29, 0.717) is 6.29 Å². The van der Waals surface area contributed by atoms with Crippen molar-refractivity contribution in [2.75, 3.05) is 6.61 Å². The van der Waals surface area contributed by atoms with Crippen LogP contribution in [0.25, 0.3) is 0 Å². The van der Waals surface area contributed by atoms with Crippen molar-refractivity contribution in [1.82, 2.24) is 0 Å². The van der Waals surface area contributed by atoms with Gasteiger partial charge in [0.2, 0.25) is 6.29 Å². The van der Waals surface area contributed by atoms with E-state index in [0.717, 1.165) is 6.26 Å². The van der Waals surface area contributed by atoms with Gasteiger partial charge < -0.3 is 50.0 Å². The number of hydrogen-bond donors (Lipinski definition) is 7. The van der Waals surface area contributed by atoms with Crippen molar-refractivity contribution < 1.29 is 54.8 Å². The Morgan fingerprint density at radius 1 is 1.19 bits per heavy atom. The lowest BCUT2D eigenvalue weighted by Gasteiger charge is -2.46. The van der Waals surface area contributed by atoms with Gasteiger partial charge in [-0.3, -0.25) is 4.79 Å². The Hall–Kier alpha value is -1.15. The summed E-state index contributed by atoms with van der Waals surface area (Å²) in [7, 11) is 0. The molecule has 1 saturated heterocycles. The third-order valence-electron chi connectivity index (χ3n) is 5.67. The Kier molecular flexibility index (Phi) is 5.36. The van der Waals surface area contributed by atoms with Gasteiger partial charge in [0.25, 0.3) is 0 Å². The molecule has 10 atom stereocenters. The van der Waals surface area contributed by atoms with Crippen LogP contribution in [0.15, 0.2) is 11.8 Å². The molecule has 0 unspecified atom stereocenters. The third kappa shape index (κ3) is 3.09. The lowest BCUT2D eigenvalue weighted by atomic mass is 9.78. The Morgan fingerprint density at radius 2 is 1.85 bits per heavy atom. The van der Waals surface area contributed by atoms with Gasteiger partial charge in [0.05, 0.1) is 36.1 Å². The number of aliphatic hydroxyl groups excluding tert-OH is 5. The molecule has 27 heavy (non-hydrogen) atoms. The molecule has 0 radical (unpaired) electrons. The van der Waals surface area contributed by atoms with E-state index in [1.54, 1.807) is 0 Å². The number of fused-ring (bicyclic) bond motifs is 1. The lowest BCUT2D eigenvalue weighted by Crippen LogP contribution is -2.62. The molecule has 0 bridgehead atoms. The molecule has 0 aromatic rings. The molecule has 0 aromatic carbocycles. The van der Waals surface area contributed by atoms with Crippen LogP contribution in [-0.2, 0) is 19.0 Å². The largest absolute Gasteiger partial charge is 0.471 e. The minimum Gasteiger partial charge on any atom is -0.471 e. The maximum absolute atomic E-state index is 11.3. The van der Waals surface area contributed by atoms with Crippen molar-refractivity contribution in [2.45, 2.75) is 67.6 Å². The van der Waals surface area contributed by atoms with Gasteiger partial charge in [-0.25, -0.2) is 0 Å². The van der Waals surface area contributed by atoms with Crippen molar-refractivity contribution in [2.24, 2.45) is 5.92 Å². The molecule has 3 aliphatic rings. The van der Waals surface area contributed by atoms with E-state index in [9.17, 15) is 40.5 Å². The minimum atomic E-state index is -1.96. The summed E-state index contributed by atoms with van der Waals surface area (Å²) in [5.41, 5.74) is -4.07. The van der Waals surface area contributed by atoms with Gasteiger partial charge in [0.1, 0.15) is 30.0 Å². The van der Waals surface area contributed by atoms with Crippen molar-refractivity contribution in [3.63, 3.8) is 0 Å². The summed E-state index contributed by atoms with van der Waals surface area (Å²) in [6.45, 7) is 0.566. The highest BCUT2D eigenvalue weighted by atomic mass is 16.8. The zero-order valence-electron chi connectivity index (χ0n) is 14.5. The number of aliphatic hydroxyl groups is 7. The highest BCUT2D eigenvalue weighted by Gasteiger charge is 2.66. The van der Waals surface area contributed by atoms with Crippen LogP contribution in [0.2, 0.25) is 0 Å². The van der Waals surface area contributed by atoms with Crippen molar-refractivity contribution >= 4 is 6.29 Å². The fourth-order valence-electron chi connectivity index (χ4n) is 3.99. The zero-order valence-corrected chi connectivity index (χ0v) is 14.5. The smallest absolute Gasteiger partial charge is 0.210 e. The molecule has 2 aliphatic heterocycles. The molecule has 7 N–H and O–H groups in total. The average molecular weight is 392 g/mol. The molecule has 1 aliphatic carbocycles. The summed E-state index contributed by atoms with van der Waals surface area (Å²) in [6, 6.07) is 0. The predicted octanol–water partition coefficient (Wildman–Crippen LogP) is -3.90. The second kappa shape index (κ2) is 7.03. The summed E-state index contributed by atoms with van der Waals surface area (Å²) < 4.78 is 16.0. The summed E-state index contributed by atoms with van der Waals surface area (Å²) in [5, 5.41) is 70.7. The summed E-state index contributed by atoms with van der Waals surface area (Å²) in [5.74, 6) is -1.34. The number of carbonyl (C=O) groups is 1. The van der Waals surface area contributed by atoms with Crippen LogP contribution in [0.5, 0.6) is 0 Å². The second-order valence-corrected chi connectivity index (χ2v) is 7.38. The van der Waals surface area contributed by atoms with Gasteiger partial charge in [-0.1, -0.05) is 0 Å². The Bertz CT molecular complexity index is 605. The van der Waals surface area contributed by atoms with Gasteiger partial charge >= 0.3 is 0 Å². The average Bonchev–Trinajstić information content (AvgIpc) is 2.80.